The van der Waals surface area contributed by atoms with E-state index >= 15 is 0 Å². The number of hydrogen-bond acceptors (Lipinski definition) is 4. The number of ketones is 2. The van der Waals surface area contributed by atoms with Gasteiger partial charge in [-0.15, -0.1) is 0 Å². The SMILES string of the molecule is CS(=O)(=O)c1ccc(C=CC(=O)CC(=O)C=Cc2ccc3cc[nH]c3c2)cc1. The van der Waals surface area contributed by atoms with Crippen LogP contribution in [-0.2, 0) is 19.4 Å². The van der Waals surface area contributed by atoms with Gasteiger partial charge in [-0.05, 0) is 52.9 Å². The number of aromatic nitrogens is 1. The number of carbonyl (C=O) groups is 2. The highest BCUT2D eigenvalue weighted by atomic mass is 32.2. The first-order valence-corrected chi connectivity index (χ1v) is 10.5. The molecule has 0 amide bonds. The van der Waals surface area contributed by atoms with Crippen LogP contribution in [-0.4, -0.2) is 31.2 Å². The highest BCUT2D eigenvalue weighted by Gasteiger charge is 2.06. The number of allylic oxidation sites excluding steroid dienone is 2. The van der Waals surface area contributed by atoms with Crippen molar-refractivity contribution in [1.29, 1.82) is 0 Å². The zero-order chi connectivity index (χ0) is 20.1. The van der Waals surface area contributed by atoms with E-state index in [0.29, 0.717) is 5.56 Å². The smallest absolute Gasteiger partial charge is 0.175 e. The first kappa shape index (κ1) is 19.5. The van der Waals surface area contributed by atoms with E-state index in [0.717, 1.165) is 22.7 Å². The first-order valence-electron chi connectivity index (χ1n) is 8.60. The summed E-state index contributed by atoms with van der Waals surface area (Å²) < 4.78 is 22.9. The molecule has 1 N–H and O–H groups in total. The van der Waals surface area contributed by atoms with E-state index in [1.54, 1.807) is 24.3 Å². The van der Waals surface area contributed by atoms with Crippen molar-refractivity contribution in [2.75, 3.05) is 6.26 Å². The van der Waals surface area contributed by atoms with Gasteiger partial charge in [-0.25, -0.2) is 8.42 Å². The average molecular weight is 393 g/mol. The Morgan fingerprint density at radius 1 is 0.893 bits per heavy atom. The van der Waals surface area contributed by atoms with Gasteiger partial charge in [-0.1, -0.05) is 36.4 Å². The molecule has 0 spiro atoms. The highest BCUT2D eigenvalue weighted by molar-refractivity contribution is 7.90. The summed E-state index contributed by atoms with van der Waals surface area (Å²) in [6.45, 7) is 0. The van der Waals surface area contributed by atoms with E-state index < -0.39 is 9.84 Å². The zero-order valence-corrected chi connectivity index (χ0v) is 16.1. The standard InChI is InChI=1S/C22H19NO4S/c1-28(26,27)21-10-5-16(6-11-21)3-8-19(24)15-20(25)9-4-17-2-7-18-12-13-23-22(18)14-17/h2-14,23H,15H2,1H3. The second kappa shape index (κ2) is 8.19. The molecular formula is C22H19NO4S. The van der Waals surface area contributed by atoms with E-state index in [9.17, 15) is 18.0 Å². The number of H-pyrrole nitrogens is 1. The van der Waals surface area contributed by atoms with Crippen molar-refractivity contribution in [3.8, 4) is 0 Å². The molecule has 1 aromatic heterocycles. The molecule has 3 aromatic rings. The van der Waals surface area contributed by atoms with Gasteiger partial charge in [0.2, 0.25) is 0 Å². The summed E-state index contributed by atoms with van der Waals surface area (Å²) in [5.74, 6) is -0.602. The predicted octanol–water partition coefficient (Wildman–Crippen LogP) is 3.83. The van der Waals surface area contributed by atoms with Crippen molar-refractivity contribution in [1.82, 2.24) is 4.98 Å². The maximum absolute atomic E-state index is 12.0. The van der Waals surface area contributed by atoms with Crippen LogP contribution in [0.5, 0.6) is 0 Å². The van der Waals surface area contributed by atoms with Gasteiger partial charge in [0, 0.05) is 18.0 Å². The number of hydrogen-bond donors (Lipinski definition) is 1. The van der Waals surface area contributed by atoms with Crippen LogP contribution in [0.15, 0.2) is 71.8 Å². The van der Waals surface area contributed by atoms with E-state index in [4.69, 9.17) is 0 Å². The Bertz CT molecular complexity index is 1180. The number of nitrogens with one attached hydrogen (secondary N) is 1. The van der Waals surface area contributed by atoms with Crippen LogP contribution in [0.25, 0.3) is 23.1 Å². The highest BCUT2D eigenvalue weighted by Crippen LogP contribution is 2.15. The van der Waals surface area contributed by atoms with E-state index in [2.05, 4.69) is 4.98 Å². The molecule has 0 atom stereocenters. The van der Waals surface area contributed by atoms with Crippen LogP contribution in [0.3, 0.4) is 0 Å². The molecule has 5 nitrogen and oxygen atoms in total. The fourth-order valence-electron chi connectivity index (χ4n) is 2.66. The number of carbonyl (C=O) groups excluding carboxylic acids is 2. The maximum atomic E-state index is 12.0. The lowest BCUT2D eigenvalue weighted by Crippen LogP contribution is -2.02. The van der Waals surface area contributed by atoms with Gasteiger partial charge in [0.15, 0.2) is 21.4 Å². The molecular weight excluding hydrogens is 374 g/mol. The largest absolute Gasteiger partial charge is 0.361 e. The summed E-state index contributed by atoms with van der Waals surface area (Å²) in [6, 6.07) is 13.9. The van der Waals surface area contributed by atoms with Gasteiger partial charge in [-0.3, -0.25) is 9.59 Å². The summed E-state index contributed by atoms with van der Waals surface area (Å²) in [5.41, 5.74) is 2.54. The van der Waals surface area contributed by atoms with Crippen LogP contribution in [0.4, 0.5) is 0 Å². The molecule has 3 rings (SSSR count). The fraction of sp³-hybridized carbons (Fsp3) is 0.0909. The van der Waals surface area contributed by atoms with Gasteiger partial charge in [0.25, 0.3) is 0 Å². The molecule has 0 unspecified atom stereocenters. The molecule has 0 bridgehead atoms. The average Bonchev–Trinajstić information content (AvgIpc) is 3.12. The molecule has 0 saturated carbocycles. The van der Waals surface area contributed by atoms with Gasteiger partial charge in [-0.2, -0.15) is 0 Å². The third kappa shape index (κ3) is 5.14. The normalized spacial score (nSPS) is 12.2. The van der Waals surface area contributed by atoms with Gasteiger partial charge < -0.3 is 4.98 Å². The zero-order valence-electron chi connectivity index (χ0n) is 15.3. The lowest BCUT2D eigenvalue weighted by atomic mass is 10.1. The molecule has 1 heterocycles. The topological polar surface area (TPSA) is 84.1 Å². The van der Waals surface area contributed by atoms with Crippen LogP contribution >= 0.6 is 0 Å². The van der Waals surface area contributed by atoms with Crippen molar-refractivity contribution < 1.29 is 18.0 Å². The Labute approximate surface area is 163 Å². The number of rotatable bonds is 7. The summed E-state index contributed by atoms with van der Waals surface area (Å²) in [4.78, 5) is 27.3. The molecule has 0 aliphatic rings. The Hall–Kier alpha value is -3.25. The van der Waals surface area contributed by atoms with Crippen molar-refractivity contribution in [3.63, 3.8) is 0 Å². The van der Waals surface area contributed by atoms with Crippen LogP contribution < -0.4 is 0 Å². The maximum Gasteiger partial charge on any atom is 0.175 e. The lowest BCUT2D eigenvalue weighted by Gasteiger charge is -1.98. The van der Waals surface area contributed by atoms with Crippen molar-refractivity contribution in [2.24, 2.45) is 0 Å². The molecule has 28 heavy (non-hydrogen) atoms. The molecule has 142 valence electrons. The molecule has 6 heteroatoms. The van der Waals surface area contributed by atoms with Crippen LogP contribution in [0, 0.1) is 0 Å². The molecule has 0 aliphatic heterocycles. The molecule has 0 fully saturated rings. The Kier molecular flexibility index (Phi) is 5.70. The predicted molar refractivity (Wildman–Crippen MR) is 111 cm³/mol. The lowest BCUT2D eigenvalue weighted by molar-refractivity contribution is -0.121. The monoisotopic (exact) mass is 393 g/mol. The van der Waals surface area contributed by atoms with E-state index in [1.165, 1.54) is 24.3 Å². The summed E-state index contributed by atoms with van der Waals surface area (Å²) >= 11 is 0. The molecule has 0 aliphatic carbocycles. The number of aromatic amines is 1. The number of fused-ring (bicyclic) bond motifs is 1. The molecule has 0 radical (unpaired) electrons. The second-order valence-corrected chi connectivity index (χ2v) is 8.46. The van der Waals surface area contributed by atoms with E-state index in [-0.39, 0.29) is 22.9 Å². The van der Waals surface area contributed by atoms with Crippen molar-refractivity contribution in [2.45, 2.75) is 11.3 Å². The minimum absolute atomic E-state index is 0.217. The minimum Gasteiger partial charge on any atom is -0.361 e. The van der Waals surface area contributed by atoms with Crippen molar-refractivity contribution in [3.05, 3.63) is 78.0 Å². The minimum atomic E-state index is -3.25. The first-order chi connectivity index (χ1) is 13.3. The van der Waals surface area contributed by atoms with E-state index in [1.807, 2.05) is 30.5 Å². The Balaban J connectivity index is 1.57. The van der Waals surface area contributed by atoms with Gasteiger partial charge in [0.05, 0.1) is 11.3 Å². The number of benzene rings is 2. The summed E-state index contributed by atoms with van der Waals surface area (Å²) in [6.07, 6.45) is 8.73. The van der Waals surface area contributed by atoms with Crippen LogP contribution in [0.2, 0.25) is 0 Å². The number of sulfone groups is 1. The second-order valence-electron chi connectivity index (χ2n) is 6.44. The van der Waals surface area contributed by atoms with Crippen LogP contribution in [0.1, 0.15) is 17.5 Å². The van der Waals surface area contributed by atoms with Gasteiger partial charge in [0.1, 0.15) is 0 Å². The van der Waals surface area contributed by atoms with Crippen molar-refractivity contribution >= 4 is 44.5 Å². The molecule has 2 aromatic carbocycles. The fourth-order valence-corrected chi connectivity index (χ4v) is 3.29. The quantitative estimate of drug-likeness (QED) is 0.488. The third-order valence-corrected chi connectivity index (χ3v) is 5.29. The van der Waals surface area contributed by atoms with Gasteiger partial charge >= 0.3 is 0 Å². The summed E-state index contributed by atoms with van der Waals surface area (Å²) in [5, 5.41) is 1.09. The Morgan fingerprint density at radius 2 is 1.50 bits per heavy atom. The summed E-state index contributed by atoms with van der Waals surface area (Å²) in [7, 11) is -3.25. The Morgan fingerprint density at radius 3 is 2.14 bits per heavy atom. The third-order valence-electron chi connectivity index (χ3n) is 4.16. The molecule has 0 saturated heterocycles.